The van der Waals surface area contributed by atoms with Gasteiger partial charge in [0.25, 0.3) is 0 Å². The zero-order valence-electron chi connectivity index (χ0n) is 5.69. The van der Waals surface area contributed by atoms with Crippen molar-refractivity contribution in [3.63, 3.8) is 0 Å². The summed E-state index contributed by atoms with van der Waals surface area (Å²) in [6.07, 6.45) is 4.51. The van der Waals surface area contributed by atoms with Gasteiger partial charge in [0.05, 0.1) is 12.1 Å². The van der Waals surface area contributed by atoms with Crippen LogP contribution in [0.2, 0.25) is 0 Å². The molecule has 0 amide bonds. The van der Waals surface area contributed by atoms with Crippen LogP contribution in [-0.2, 0) is 11.2 Å². The van der Waals surface area contributed by atoms with Crippen LogP contribution in [0.3, 0.4) is 0 Å². The molecule has 4 nitrogen and oxygen atoms in total. The van der Waals surface area contributed by atoms with Crippen molar-refractivity contribution >= 4 is 5.78 Å². The van der Waals surface area contributed by atoms with Crippen LogP contribution in [-0.4, -0.2) is 15.8 Å². The van der Waals surface area contributed by atoms with Crippen LogP contribution in [0.1, 0.15) is 5.69 Å². The molecule has 1 aromatic rings. The Morgan fingerprint density at radius 2 is 2.45 bits per heavy atom. The number of carbonyl (C=O) groups is 1. The van der Waals surface area contributed by atoms with E-state index in [1.807, 2.05) is 0 Å². The summed E-state index contributed by atoms with van der Waals surface area (Å²) in [7, 11) is 0. The van der Waals surface area contributed by atoms with Crippen LogP contribution < -0.4 is 0 Å². The third kappa shape index (κ3) is 2.14. The third-order valence-corrected chi connectivity index (χ3v) is 1.08. The van der Waals surface area contributed by atoms with Crippen molar-refractivity contribution in [3.05, 3.63) is 24.3 Å². The molecule has 0 aromatic carbocycles. The molecule has 0 radical (unpaired) electrons. The summed E-state index contributed by atoms with van der Waals surface area (Å²) in [6.45, 7) is 0. The van der Waals surface area contributed by atoms with Crippen molar-refractivity contribution < 1.29 is 4.79 Å². The highest BCUT2D eigenvalue weighted by molar-refractivity contribution is 5.94. The van der Waals surface area contributed by atoms with Crippen LogP contribution in [0.4, 0.5) is 0 Å². The largest absolute Gasteiger partial charge is 0.282 e. The van der Waals surface area contributed by atoms with Crippen molar-refractivity contribution in [2.45, 2.75) is 6.42 Å². The van der Waals surface area contributed by atoms with E-state index in [1.165, 1.54) is 24.7 Å². The molecule has 0 bridgehead atoms. The van der Waals surface area contributed by atoms with Crippen molar-refractivity contribution in [1.29, 1.82) is 5.26 Å². The molecule has 1 rings (SSSR count). The summed E-state index contributed by atoms with van der Waals surface area (Å²) in [5, 5.41) is 8.15. The molecule has 0 saturated heterocycles. The van der Waals surface area contributed by atoms with Gasteiger partial charge in [-0.15, -0.1) is 0 Å². The monoisotopic (exact) mass is 147 g/mol. The summed E-state index contributed by atoms with van der Waals surface area (Å²) in [5.41, 5.74) is 0.527. The number of carbonyl (C=O) groups excluding carboxylic acids is 1. The molecule has 0 spiro atoms. The fourth-order valence-corrected chi connectivity index (χ4v) is 0.625. The lowest BCUT2D eigenvalue weighted by Crippen LogP contribution is -2.00. The highest BCUT2D eigenvalue weighted by atomic mass is 16.1. The lowest BCUT2D eigenvalue weighted by Gasteiger charge is -1.90. The number of nitriles is 1. The molecule has 11 heavy (non-hydrogen) atoms. The van der Waals surface area contributed by atoms with Crippen LogP contribution >= 0.6 is 0 Å². The van der Waals surface area contributed by atoms with Gasteiger partial charge in [0, 0.05) is 18.6 Å². The minimum Gasteiger partial charge on any atom is -0.282 e. The average Bonchev–Trinajstić information content (AvgIpc) is 2.06. The van der Waals surface area contributed by atoms with E-state index in [1.54, 1.807) is 0 Å². The number of hydrogen-bond donors (Lipinski definition) is 0. The molecule has 1 heterocycles. The number of hydrogen-bond acceptors (Lipinski definition) is 4. The van der Waals surface area contributed by atoms with E-state index in [0.29, 0.717) is 5.69 Å². The van der Waals surface area contributed by atoms with Crippen LogP contribution in [0.15, 0.2) is 18.6 Å². The average molecular weight is 147 g/mol. The van der Waals surface area contributed by atoms with Crippen LogP contribution in [0.5, 0.6) is 0 Å². The van der Waals surface area contributed by atoms with E-state index < -0.39 is 5.78 Å². The quantitative estimate of drug-likeness (QED) is 0.557. The fraction of sp³-hybridized carbons (Fsp3) is 0.143. The third-order valence-electron chi connectivity index (χ3n) is 1.08. The molecule has 54 valence electrons. The summed E-state index contributed by atoms with van der Waals surface area (Å²) in [6, 6.07) is 1.51. The second-order valence-corrected chi connectivity index (χ2v) is 1.91. The minimum atomic E-state index is -0.495. The maximum Gasteiger partial charge on any atom is 0.237 e. The van der Waals surface area contributed by atoms with E-state index in [-0.39, 0.29) is 6.42 Å². The van der Waals surface area contributed by atoms with Gasteiger partial charge < -0.3 is 0 Å². The molecule has 0 atom stereocenters. The second kappa shape index (κ2) is 3.42. The van der Waals surface area contributed by atoms with Gasteiger partial charge in [-0.2, -0.15) is 5.26 Å². The molecule has 4 heteroatoms. The Morgan fingerprint density at radius 1 is 1.64 bits per heavy atom. The molecule has 0 saturated carbocycles. The number of aromatic nitrogens is 2. The zero-order valence-corrected chi connectivity index (χ0v) is 5.69. The Balaban J connectivity index is 2.67. The molecule has 1 aromatic heterocycles. The van der Waals surface area contributed by atoms with E-state index in [9.17, 15) is 4.79 Å². The molecule has 0 fully saturated rings. The van der Waals surface area contributed by atoms with Gasteiger partial charge in [-0.05, 0) is 0 Å². The fourth-order valence-electron chi connectivity index (χ4n) is 0.625. The maximum atomic E-state index is 10.6. The highest BCUT2D eigenvalue weighted by Gasteiger charge is 2.01. The Labute approximate surface area is 63.5 Å². The predicted molar refractivity (Wildman–Crippen MR) is 36.4 cm³/mol. The number of nitrogens with zero attached hydrogens (tertiary/aromatic N) is 3. The Morgan fingerprint density at radius 3 is 3.00 bits per heavy atom. The molecular formula is C7H5N3O. The number of Topliss-reactive ketones (excluding diaryl/α,β-unsaturated/α-hetero) is 1. The first-order chi connectivity index (χ1) is 5.33. The van der Waals surface area contributed by atoms with Gasteiger partial charge in [-0.1, -0.05) is 0 Å². The SMILES string of the molecule is N#CC(=O)Cc1cnccn1. The van der Waals surface area contributed by atoms with E-state index >= 15 is 0 Å². The summed E-state index contributed by atoms with van der Waals surface area (Å²) in [4.78, 5) is 18.1. The zero-order chi connectivity index (χ0) is 8.10. The van der Waals surface area contributed by atoms with Crippen molar-refractivity contribution in [3.8, 4) is 6.07 Å². The lowest BCUT2D eigenvalue weighted by atomic mass is 10.2. The Kier molecular flexibility index (Phi) is 2.28. The maximum absolute atomic E-state index is 10.6. The standard InChI is InChI=1S/C7H5N3O/c8-4-7(11)3-6-5-9-1-2-10-6/h1-2,5H,3H2. The van der Waals surface area contributed by atoms with Crippen molar-refractivity contribution in [2.24, 2.45) is 0 Å². The Bertz CT molecular complexity index is 288. The van der Waals surface area contributed by atoms with Gasteiger partial charge in [0.2, 0.25) is 5.78 Å². The van der Waals surface area contributed by atoms with Gasteiger partial charge in [-0.25, -0.2) is 0 Å². The first kappa shape index (κ1) is 7.35. The van der Waals surface area contributed by atoms with E-state index in [4.69, 9.17) is 5.26 Å². The minimum absolute atomic E-state index is 0.0460. The normalized spacial score (nSPS) is 8.64. The summed E-state index contributed by atoms with van der Waals surface area (Å²) in [5.74, 6) is -0.495. The van der Waals surface area contributed by atoms with Crippen molar-refractivity contribution in [2.75, 3.05) is 0 Å². The van der Waals surface area contributed by atoms with Gasteiger partial charge >= 0.3 is 0 Å². The summed E-state index contributed by atoms with van der Waals surface area (Å²) >= 11 is 0. The lowest BCUT2D eigenvalue weighted by molar-refractivity contribution is -0.113. The molecule has 0 aliphatic carbocycles. The number of ketones is 1. The highest BCUT2D eigenvalue weighted by Crippen LogP contribution is 1.91. The topological polar surface area (TPSA) is 66.6 Å². The van der Waals surface area contributed by atoms with Crippen LogP contribution in [0, 0.1) is 11.3 Å². The molecule has 0 aliphatic rings. The molecule has 0 N–H and O–H groups in total. The Hall–Kier alpha value is -1.76. The van der Waals surface area contributed by atoms with E-state index in [0.717, 1.165) is 0 Å². The van der Waals surface area contributed by atoms with Gasteiger partial charge in [0.1, 0.15) is 6.07 Å². The summed E-state index contributed by atoms with van der Waals surface area (Å²) < 4.78 is 0. The van der Waals surface area contributed by atoms with Crippen LogP contribution in [0.25, 0.3) is 0 Å². The predicted octanol–water partition coefficient (Wildman–Crippen LogP) is 0.112. The van der Waals surface area contributed by atoms with Crippen molar-refractivity contribution in [1.82, 2.24) is 9.97 Å². The first-order valence-electron chi connectivity index (χ1n) is 3.01. The van der Waals surface area contributed by atoms with Gasteiger partial charge in [-0.3, -0.25) is 14.8 Å². The molecular weight excluding hydrogens is 142 g/mol. The molecule has 0 unspecified atom stereocenters. The second-order valence-electron chi connectivity index (χ2n) is 1.91. The first-order valence-corrected chi connectivity index (χ1v) is 3.01. The number of rotatable bonds is 2. The molecule has 0 aliphatic heterocycles. The van der Waals surface area contributed by atoms with Gasteiger partial charge in [0.15, 0.2) is 0 Å². The van der Waals surface area contributed by atoms with E-state index in [2.05, 4.69) is 9.97 Å². The smallest absolute Gasteiger partial charge is 0.237 e.